The van der Waals surface area contributed by atoms with Crippen molar-refractivity contribution in [2.45, 2.75) is 129 Å². The van der Waals surface area contributed by atoms with E-state index >= 15 is 0 Å². The predicted molar refractivity (Wildman–Crippen MR) is 202 cm³/mol. The monoisotopic (exact) mass is 714 g/mol. The molecule has 2 bridgehead atoms. The van der Waals surface area contributed by atoms with Gasteiger partial charge in [-0.25, -0.2) is 0 Å². The Balaban J connectivity index is 1.46. The number of carbonyl (C=O) groups excluding carboxylic acids is 3. The fourth-order valence-electron chi connectivity index (χ4n) is 9.15. The maximum Gasteiger partial charge on any atom is 0.316 e. The van der Waals surface area contributed by atoms with Crippen molar-refractivity contribution in [1.29, 1.82) is 0 Å². The number of ketones is 1. The first-order chi connectivity index (χ1) is 23.9. The zero-order valence-corrected chi connectivity index (χ0v) is 32.0. The van der Waals surface area contributed by atoms with Gasteiger partial charge in [0, 0.05) is 37.8 Å². The highest BCUT2D eigenvalue weighted by Gasteiger charge is 2.54. The molecule has 3 aliphatic carbocycles. The van der Waals surface area contributed by atoms with Crippen molar-refractivity contribution in [3.63, 3.8) is 0 Å². The zero-order valence-electron chi connectivity index (χ0n) is 31.2. The van der Waals surface area contributed by atoms with E-state index in [9.17, 15) is 19.5 Å². The van der Waals surface area contributed by atoms with Gasteiger partial charge in [-0.05, 0) is 123 Å². The van der Waals surface area contributed by atoms with Crippen molar-refractivity contribution in [3.05, 3.63) is 35.4 Å². The van der Waals surface area contributed by atoms with Gasteiger partial charge in [-0.3, -0.25) is 9.59 Å². The Hall–Kier alpha value is -1.98. The molecule has 0 spiro atoms. The molecule has 0 heterocycles. The first-order valence-corrected chi connectivity index (χ1v) is 20.4. The lowest BCUT2D eigenvalue weighted by atomic mass is 9.51. The van der Waals surface area contributed by atoms with Crippen molar-refractivity contribution in [2.75, 3.05) is 31.9 Å². The SMILES string of the molecule is CC(=O)CC[C@]12CC[C@@H](C)C(C1)[C@H](OC(=O)CSC1CCC(CNC(=O)CN)CC1)C[C@](C)(CCc1ccc(CNCCN)cc1)[C@@H](O)[C@@H]2C. The van der Waals surface area contributed by atoms with Gasteiger partial charge >= 0.3 is 5.97 Å². The van der Waals surface area contributed by atoms with Gasteiger partial charge in [-0.15, -0.1) is 11.8 Å². The van der Waals surface area contributed by atoms with E-state index in [4.69, 9.17) is 16.2 Å². The molecular weight excluding hydrogens is 649 g/mol. The van der Waals surface area contributed by atoms with Crippen LogP contribution in [0.1, 0.15) is 109 Å². The molecule has 0 saturated heterocycles. The van der Waals surface area contributed by atoms with E-state index in [1.54, 1.807) is 18.7 Å². The first-order valence-electron chi connectivity index (χ1n) is 19.3. The fourth-order valence-corrected chi connectivity index (χ4v) is 10.2. The number of thioether (sulfide) groups is 1. The van der Waals surface area contributed by atoms with Crippen LogP contribution in [0.4, 0.5) is 0 Å². The van der Waals surface area contributed by atoms with Crippen LogP contribution in [0.3, 0.4) is 0 Å². The largest absolute Gasteiger partial charge is 0.461 e. The van der Waals surface area contributed by atoms with Crippen molar-refractivity contribution < 1.29 is 24.2 Å². The number of esters is 1. The molecule has 0 aromatic heterocycles. The van der Waals surface area contributed by atoms with Gasteiger partial charge in [0.25, 0.3) is 0 Å². The number of hydrogen-bond acceptors (Lipinski definition) is 9. The predicted octanol–water partition coefficient (Wildman–Crippen LogP) is 5.15. The van der Waals surface area contributed by atoms with E-state index in [1.165, 1.54) is 11.1 Å². The van der Waals surface area contributed by atoms with E-state index in [-0.39, 0.29) is 47.6 Å². The number of amides is 1. The highest BCUT2D eigenvalue weighted by molar-refractivity contribution is 8.00. The molecule has 3 aliphatic rings. The molecule has 4 rings (SSSR count). The summed E-state index contributed by atoms with van der Waals surface area (Å²) >= 11 is 1.71. The molecule has 1 aromatic carbocycles. The molecule has 1 aromatic rings. The molecule has 50 heavy (non-hydrogen) atoms. The van der Waals surface area contributed by atoms with E-state index < -0.39 is 11.5 Å². The van der Waals surface area contributed by atoms with Crippen LogP contribution in [0.2, 0.25) is 0 Å². The van der Waals surface area contributed by atoms with E-state index in [2.05, 4.69) is 55.7 Å². The third-order valence-electron chi connectivity index (χ3n) is 12.7. The lowest BCUT2D eigenvalue weighted by Crippen LogP contribution is -2.54. The summed E-state index contributed by atoms with van der Waals surface area (Å²) in [6, 6.07) is 8.70. The summed E-state index contributed by atoms with van der Waals surface area (Å²) in [6.07, 6.45) is 9.67. The summed E-state index contributed by atoms with van der Waals surface area (Å²) in [5.74, 6) is 1.33. The van der Waals surface area contributed by atoms with Crippen molar-refractivity contribution >= 4 is 29.4 Å². The van der Waals surface area contributed by atoms with Crippen LogP contribution in [-0.2, 0) is 32.1 Å². The lowest BCUT2D eigenvalue weighted by Gasteiger charge is -2.56. The molecule has 0 aliphatic heterocycles. The molecule has 9 nitrogen and oxygen atoms in total. The molecule has 7 N–H and O–H groups in total. The topological polar surface area (TPSA) is 157 Å². The van der Waals surface area contributed by atoms with Gasteiger partial charge in [-0.2, -0.15) is 0 Å². The molecule has 0 radical (unpaired) electrons. The van der Waals surface area contributed by atoms with Crippen molar-refractivity contribution in [1.82, 2.24) is 10.6 Å². The van der Waals surface area contributed by atoms with Crippen LogP contribution in [-0.4, -0.2) is 72.2 Å². The highest BCUT2D eigenvalue weighted by Crippen LogP contribution is 2.58. The molecule has 3 fully saturated rings. The Bertz CT molecular complexity index is 1240. The molecular formula is C40H66N4O5S. The maximum atomic E-state index is 13.6. The smallest absolute Gasteiger partial charge is 0.316 e. The number of aryl methyl sites for hydroxylation is 1. The van der Waals surface area contributed by atoms with E-state index in [0.717, 1.165) is 77.3 Å². The van der Waals surface area contributed by atoms with Gasteiger partial charge in [-0.1, -0.05) is 45.0 Å². The van der Waals surface area contributed by atoms with Crippen molar-refractivity contribution in [3.8, 4) is 0 Å². The Morgan fingerprint density at radius 2 is 1.70 bits per heavy atom. The Morgan fingerprint density at radius 3 is 2.36 bits per heavy atom. The number of nitrogens with two attached hydrogens (primary N) is 2. The fraction of sp³-hybridized carbons (Fsp3) is 0.775. The second-order valence-electron chi connectivity index (χ2n) is 16.3. The number of ether oxygens (including phenoxy) is 1. The standard InChI is InChI=1S/C40H66N4O5S/c1-27-13-17-40(18-14-28(2)45)21-34(27)35(49-37(47)26-50-33-11-9-32(10-12-33)25-44-36(46)23-42)22-39(4,38(48)29(40)3)16-15-30-5-7-31(8-6-30)24-43-20-19-41/h5-8,27,29,32-35,38,43,48H,9-26,41-42H2,1-4H3,(H,44,46)/t27-,29+,32?,33?,34?,35-,38+,39+,40-/m1/s1. The number of benzene rings is 1. The number of hydrogen-bond donors (Lipinski definition) is 5. The van der Waals surface area contributed by atoms with Gasteiger partial charge in [0.1, 0.15) is 11.9 Å². The number of rotatable bonds is 17. The Labute approximate surface area is 305 Å². The quantitative estimate of drug-likeness (QED) is 0.109. The highest BCUT2D eigenvalue weighted by atomic mass is 32.2. The third-order valence-corrected chi connectivity index (χ3v) is 14.0. The van der Waals surface area contributed by atoms with Crippen molar-refractivity contribution in [2.24, 2.45) is 46.0 Å². The average Bonchev–Trinajstić information content (AvgIpc) is 3.11. The summed E-state index contributed by atoms with van der Waals surface area (Å²) < 4.78 is 6.52. The first kappa shape index (κ1) is 40.8. The van der Waals surface area contributed by atoms with Crippen LogP contribution in [0.15, 0.2) is 24.3 Å². The minimum absolute atomic E-state index is 0.0205. The van der Waals surface area contributed by atoms with Crippen LogP contribution in [0.25, 0.3) is 0 Å². The molecule has 7 atom stereocenters. The van der Waals surface area contributed by atoms with Gasteiger partial charge in [0.15, 0.2) is 0 Å². The second-order valence-corrected chi connectivity index (χ2v) is 17.6. The van der Waals surface area contributed by atoms with E-state index in [1.807, 2.05) is 0 Å². The van der Waals surface area contributed by atoms with E-state index in [0.29, 0.717) is 48.8 Å². The van der Waals surface area contributed by atoms with Crippen LogP contribution >= 0.6 is 11.8 Å². The summed E-state index contributed by atoms with van der Waals surface area (Å²) in [6.45, 7) is 11.3. The third kappa shape index (κ3) is 11.3. The minimum Gasteiger partial charge on any atom is -0.461 e. The molecule has 1 unspecified atom stereocenters. The van der Waals surface area contributed by atoms with Gasteiger partial charge in [0.05, 0.1) is 18.4 Å². The summed E-state index contributed by atoms with van der Waals surface area (Å²) in [5, 5.41) is 19.0. The zero-order chi connectivity index (χ0) is 36.3. The second kappa shape index (κ2) is 19.2. The van der Waals surface area contributed by atoms with Crippen LogP contribution < -0.4 is 22.1 Å². The number of carbonyl (C=O) groups is 3. The van der Waals surface area contributed by atoms with Crippen LogP contribution in [0.5, 0.6) is 0 Å². The van der Waals surface area contributed by atoms with Gasteiger partial charge in [0.2, 0.25) is 5.91 Å². The Kier molecular flexibility index (Phi) is 15.7. The number of aliphatic hydroxyl groups is 1. The number of fused-ring (bicyclic) bond motifs is 2. The minimum atomic E-state index is -0.580. The maximum absolute atomic E-state index is 13.6. The number of aliphatic hydroxyl groups excluding tert-OH is 1. The average molecular weight is 715 g/mol. The van der Waals surface area contributed by atoms with Crippen LogP contribution in [0, 0.1) is 34.5 Å². The number of Topliss-reactive ketones (excluding diaryl/α,β-unsaturated/α-hetero) is 1. The lowest BCUT2D eigenvalue weighted by molar-refractivity contribution is -0.172. The number of nitrogens with one attached hydrogen (secondary N) is 2. The molecule has 282 valence electrons. The summed E-state index contributed by atoms with van der Waals surface area (Å²) in [4.78, 5) is 37.5. The summed E-state index contributed by atoms with van der Waals surface area (Å²) in [7, 11) is 0. The Morgan fingerprint density at radius 1 is 1.00 bits per heavy atom. The molecule has 3 saturated carbocycles. The molecule has 10 heteroatoms. The molecule has 1 amide bonds. The van der Waals surface area contributed by atoms with Gasteiger partial charge < -0.3 is 36.7 Å². The summed E-state index contributed by atoms with van der Waals surface area (Å²) in [5.41, 5.74) is 12.9. The normalized spacial score (nSPS) is 32.8.